The molecule has 126 valence electrons. The van der Waals surface area contributed by atoms with Gasteiger partial charge in [-0.05, 0) is 36.4 Å². The lowest BCUT2D eigenvalue weighted by Gasteiger charge is -2.40. The number of para-hydroxylation sites is 2. The van der Waals surface area contributed by atoms with Crippen LogP contribution < -0.4 is 15.1 Å². The predicted octanol–water partition coefficient (Wildman–Crippen LogP) is 2.84. The lowest BCUT2D eigenvalue weighted by Crippen LogP contribution is -2.51. The molecule has 2 aliphatic heterocycles. The van der Waals surface area contributed by atoms with Crippen LogP contribution in [0.25, 0.3) is 0 Å². The number of halogens is 1. The number of benzene rings is 2. The van der Waals surface area contributed by atoms with Gasteiger partial charge in [-0.15, -0.1) is 0 Å². The molecule has 2 aromatic carbocycles. The fourth-order valence-electron chi connectivity index (χ4n) is 3.53. The van der Waals surface area contributed by atoms with Gasteiger partial charge in [0, 0.05) is 45.0 Å². The van der Waals surface area contributed by atoms with Gasteiger partial charge in [0.05, 0.1) is 18.0 Å². The first-order valence-electron chi connectivity index (χ1n) is 8.60. The molecule has 2 heterocycles. The summed E-state index contributed by atoms with van der Waals surface area (Å²) in [6.07, 6.45) is 0. The Morgan fingerprint density at radius 2 is 1.62 bits per heavy atom. The first kappa shape index (κ1) is 15.3. The van der Waals surface area contributed by atoms with Crippen molar-refractivity contribution in [3.05, 3.63) is 54.3 Å². The maximum absolute atomic E-state index is 13.1. The Kier molecular flexibility index (Phi) is 4.26. The zero-order chi connectivity index (χ0) is 16.4. The van der Waals surface area contributed by atoms with Crippen molar-refractivity contribution in [2.24, 2.45) is 0 Å². The highest BCUT2D eigenvalue weighted by molar-refractivity contribution is 5.71. The van der Waals surface area contributed by atoms with E-state index >= 15 is 0 Å². The van der Waals surface area contributed by atoms with E-state index in [0.29, 0.717) is 0 Å². The molecule has 2 aliphatic rings. The highest BCUT2D eigenvalue weighted by atomic mass is 19.1. The van der Waals surface area contributed by atoms with E-state index < -0.39 is 0 Å². The van der Waals surface area contributed by atoms with Crippen molar-refractivity contribution in [3.63, 3.8) is 0 Å². The summed E-state index contributed by atoms with van der Waals surface area (Å²) in [5.41, 5.74) is 3.64. The third kappa shape index (κ3) is 3.17. The van der Waals surface area contributed by atoms with Gasteiger partial charge < -0.3 is 15.1 Å². The molecular weight excluding hydrogens is 303 g/mol. The molecule has 0 radical (unpaired) electrons. The van der Waals surface area contributed by atoms with Crippen molar-refractivity contribution < 1.29 is 4.39 Å². The smallest absolute Gasteiger partial charge is 0.123 e. The molecule has 1 saturated heterocycles. The van der Waals surface area contributed by atoms with E-state index in [1.165, 1.54) is 11.4 Å². The summed E-state index contributed by atoms with van der Waals surface area (Å²) in [6.45, 7) is 7.03. The summed E-state index contributed by atoms with van der Waals surface area (Å²) in [5.74, 6) is -0.172. The summed E-state index contributed by atoms with van der Waals surface area (Å²) in [7, 11) is 0. The second kappa shape index (κ2) is 6.69. The normalized spacial score (nSPS) is 18.2. The van der Waals surface area contributed by atoms with Crippen LogP contribution in [0, 0.1) is 5.82 Å². The van der Waals surface area contributed by atoms with Crippen LogP contribution in [0.3, 0.4) is 0 Å². The van der Waals surface area contributed by atoms with Crippen molar-refractivity contribution in [1.29, 1.82) is 0 Å². The maximum atomic E-state index is 13.1. The third-order valence-electron chi connectivity index (χ3n) is 4.88. The number of fused-ring (bicyclic) bond motifs is 1. The van der Waals surface area contributed by atoms with Gasteiger partial charge in [0.1, 0.15) is 5.82 Å². The molecule has 0 saturated carbocycles. The summed E-state index contributed by atoms with van der Waals surface area (Å²) in [5, 5.41) is 3.46. The van der Waals surface area contributed by atoms with Crippen LogP contribution in [-0.2, 0) is 0 Å². The molecular formula is C19H23FN4. The zero-order valence-electron chi connectivity index (χ0n) is 13.8. The van der Waals surface area contributed by atoms with E-state index in [0.717, 1.165) is 51.6 Å². The van der Waals surface area contributed by atoms with Gasteiger partial charge in [0.2, 0.25) is 0 Å². The van der Waals surface area contributed by atoms with Crippen molar-refractivity contribution in [1.82, 2.24) is 4.90 Å². The first-order chi connectivity index (χ1) is 11.8. The second-order valence-corrected chi connectivity index (χ2v) is 6.43. The Hall–Kier alpha value is -2.27. The van der Waals surface area contributed by atoms with E-state index in [4.69, 9.17) is 0 Å². The van der Waals surface area contributed by atoms with Crippen molar-refractivity contribution in [2.45, 2.75) is 0 Å². The average Bonchev–Trinajstić information content (AvgIpc) is 2.63. The van der Waals surface area contributed by atoms with Gasteiger partial charge >= 0.3 is 0 Å². The Labute approximate surface area is 142 Å². The van der Waals surface area contributed by atoms with E-state index in [-0.39, 0.29) is 5.82 Å². The Morgan fingerprint density at radius 3 is 2.42 bits per heavy atom. The number of hydrogen-bond acceptors (Lipinski definition) is 4. The predicted molar refractivity (Wildman–Crippen MR) is 97.3 cm³/mol. The summed E-state index contributed by atoms with van der Waals surface area (Å²) >= 11 is 0. The van der Waals surface area contributed by atoms with Crippen molar-refractivity contribution in [2.75, 3.05) is 61.1 Å². The molecule has 1 N–H and O–H groups in total. The molecule has 2 aromatic rings. The average molecular weight is 326 g/mol. The SMILES string of the molecule is Fc1ccc(N2CCN(CN3CCNc4ccccc43)CC2)cc1. The maximum Gasteiger partial charge on any atom is 0.123 e. The number of anilines is 3. The molecule has 0 unspecified atom stereocenters. The first-order valence-corrected chi connectivity index (χ1v) is 8.60. The molecule has 5 heteroatoms. The van der Waals surface area contributed by atoms with Crippen LogP contribution in [0.5, 0.6) is 0 Å². The van der Waals surface area contributed by atoms with Gasteiger partial charge in [-0.25, -0.2) is 4.39 Å². The van der Waals surface area contributed by atoms with Crippen LogP contribution in [0.4, 0.5) is 21.5 Å². The Bertz CT molecular complexity index is 680. The molecule has 0 aliphatic carbocycles. The Morgan fingerprint density at radius 1 is 0.875 bits per heavy atom. The van der Waals surface area contributed by atoms with Gasteiger partial charge in [-0.1, -0.05) is 12.1 Å². The van der Waals surface area contributed by atoms with Crippen LogP contribution in [0.2, 0.25) is 0 Å². The number of nitrogens with zero attached hydrogens (tertiary/aromatic N) is 3. The summed E-state index contributed by atoms with van der Waals surface area (Å²) < 4.78 is 13.1. The standard InChI is InChI=1S/C19H23FN4/c20-16-5-7-17(8-6-16)23-13-11-22(12-14-23)15-24-10-9-21-18-3-1-2-4-19(18)24/h1-8,21H,9-15H2. The molecule has 4 rings (SSSR count). The number of piperazine rings is 1. The molecule has 1 fully saturated rings. The number of hydrogen-bond donors (Lipinski definition) is 1. The molecule has 0 amide bonds. The molecule has 0 bridgehead atoms. The lowest BCUT2D eigenvalue weighted by atomic mass is 10.2. The quantitative estimate of drug-likeness (QED) is 0.936. The summed E-state index contributed by atoms with van der Waals surface area (Å²) in [4.78, 5) is 7.29. The highest BCUT2D eigenvalue weighted by Gasteiger charge is 2.22. The van der Waals surface area contributed by atoms with Crippen LogP contribution in [0.15, 0.2) is 48.5 Å². The second-order valence-electron chi connectivity index (χ2n) is 6.43. The highest BCUT2D eigenvalue weighted by Crippen LogP contribution is 2.28. The molecule has 0 aromatic heterocycles. The largest absolute Gasteiger partial charge is 0.382 e. The fourth-order valence-corrected chi connectivity index (χ4v) is 3.53. The van der Waals surface area contributed by atoms with Gasteiger partial charge in [0.25, 0.3) is 0 Å². The van der Waals surface area contributed by atoms with Crippen LogP contribution in [-0.4, -0.2) is 50.8 Å². The number of nitrogens with one attached hydrogen (secondary N) is 1. The monoisotopic (exact) mass is 326 g/mol. The fraction of sp³-hybridized carbons (Fsp3) is 0.368. The number of rotatable bonds is 3. The molecule has 4 nitrogen and oxygen atoms in total. The Balaban J connectivity index is 1.36. The molecule has 24 heavy (non-hydrogen) atoms. The van der Waals surface area contributed by atoms with E-state index in [9.17, 15) is 4.39 Å². The molecule has 0 spiro atoms. The van der Waals surface area contributed by atoms with E-state index in [1.807, 2.05) is 12.1 Å². The van der Waals surface area contributed by atoms with Gasteiger partial charge in [-0.2, -0.15) is 0 Å². The topological polar surface area (TPSA) is 21.8 Å². The van der Waals surface area contributed by atoms with Crippen LogP contribution in [0.1, 0.15) is 0 Å². The zero-order valence-corrected chi connectivity index (χ0v) is 13.8. The van der Waals surface area contributed by atoms with Crippen molar-refractivity contribution in [3.8, 4) is 0 Å². The van der Waals surface area contributed by atoms with E-state index in [1.54, 1.807) is 12.1 Å². The summed E-state index contributed by atoms with van der Waals surface area (Å²) in [6, 6.07) is 15.3. The minimum atomic E-state index is -0.172. The molecule has 0 atom stereocenters. The van der Waals surface area contributed by atoms with E-state index in [2.05, 4.69) is 44.3 Å². The minimum Gasteiger partial charge on any atom is -0.382 e. The van der Waals surface area contributed by atoms with Gasteiger partial charge in [0.15, 0.2) is 0 Å². The van der Waals surface area contributed by atoms with Crippen LogP contribution >= 0.6 is 0 Å². The van der Waals surface area contributed by atoms with Crippen molar-refractivity contribution >= 4 is 17.1 Å². The van der Waals surface area contributed by atoms with Gasteiger partial charge in [-0.3, -0.25) is 4.90 Å². The lowest BCUT2D eigenvalue weighted by molar-refractivity contribution is 0.257. The minimum absolute atomic E-state index is 0.172. The third-order valence-corrected chi connectivity index (χ3v) is 4.88.